The number of halogens is 2. The van der Waals surface area contributed by atoms with Crippen molar-refractivity contribution in [3.05, 3.63) is 76.6 Å². The van der Waals surface area contributed by atoms with Gasteiger partial charge in [-0.25, -0.2) is 13.6 Å². The zero-order valence-corrected chi connectivity index (χ0v) is 16.6. The fourth-order valence-electron chi connectivity index (χ4n) is 3.68. The third kappa shape index (κ3) is 3.69. The summed E-state index contributed by atoms with van der Waals surface area (Å²) in [6.45, 7) is 1.87. The number of ketones is 1. The van der Waals surface area contributed by atoms with Crippen molar-refractivity contribution in [2.45, 2.75) is 25.8 Å². The third-order valence-electron chi connectivity index (χ3n) is 5.34. The van der Waals surface area contributed by atoms with Crippen LogP contribution in [0, 0.1) is 17.6 Å². The number of hydrogen-bond donors (Lipinski definition) is 1. The molecule has 1 amide bonds. The zero-order chi connectivity index (χ0) is 22.3. The molecule has 160 valence electrons. The van der Waals surface area contributed by atoms with E-state index < -0.39 is 41.1 Å². The highest BCUT2D eigenvalue weighted by Gasteiger charge is 2.48. The SMILES string of the molecule is CCOC(=O)c1ccc(N2C(=O)C(O)=C(C(=O)C3CC3)C2c2ccc(F)cc2F)cc1. The molecule has 0 aromatic heterocycles. The molecule has 1 aliphatic carbocycles. The standard InChI is InChI=1S/C23H19F2NO5/c1-2-31-23(30)13-5-8-15(9-6-13)26-19(16-10-7-14(24)11-17(16)25)18(21(28)22(26)29)20(27)12-3-4-12/h5-12,19,28H,2-4H2,1H3. The summed E-state index contributed by atoms with van der Waals surface area (Å²) >= 11 is 0. The monoisotopic (exact) mass is 427 g/mol. The van der Waals surface area contributed by atoms with Crippen LogP contribution in [-0.2, 0) is 14.3 Å². The van der Waals surface area contributed by atoms with Gasteiger partial charge in [-0.2, -0.15) is 0 Å². The molecule has 8 heteroatoms. The maximum absolute atomic E-state index is 14.7. The maximum atomic E-state index is 14.7. The molecule has 2 aromatic carbocycles. The van der Waals surface area contributed by atoms with E-state index in [0.717, 1.165) is 17.0 Å². The van der Waals surface area contributed by atoms with E-state index in [1.807, 2.05) is 0 Å². The van der Waals surface area contributed by atoms with Crippen LogP contribution < -0.4 is 4.90 Å². The Balaban J connectivity index is 1.79. The van der Waals surface area contributed by atoms with Gasteiger partial charge < -0.3 is 9.84 Å². The van der Waals surface area contributed by atoms with Crippen LogP contribution in [0.2, 0.25) is 0 Å². The predicted octanol–water partition coefficient (Wildman–Crippen LogP) is 4.02. The average molecular weight is 427 g/mol. The molecule has 0 radical (unpaired) electrons. The first-order valence-corrected chi connectivity index (χ1v) is 9.86. The number of rotatable bonds is 6. The summed E-state index contributed by atoms with van der Waals surface area (Å²) in [5.74, 6) is -4.68. The minimum absolute atomic E-state index is 0.114. The summed E-state index contributed by atoms with van der Waals surface area (Å²) < 4.78 is 33.1. The highest BCUT2D eigenvalue weighted by molar-refractivity contribution is 6.17. The molecule has 6 nitrogen and oxygen atoms in total. The molecule has 0 saturated heterocycles. The van der Waals surface area contributed by atoms with Gasteiger partial charge in [0.25, 0.3) is 5.91 Å². The second-order valence-electron chi connectivity index (χ2n) is 7.41. The lowest BCUT2D eigenvalue weighted by molar-refractivity contribution is -0.118. The van der Waals surface area contributed by atoms with Crippen molar-refractivity contribution in [3.8, 4) is 0 Å². The van der Waals surface area contributed by atoms with Crippen molar-refractivity contribution in [3.63, 3.8) is 0 Å². The number of hydrogen-bond acceptors (Lipinski definition) is 5. The van der Waals surface area contributed by atoms with Gasteiger partial charge in [0.15, 0.2) is 11.5 Å². The number of aliphatic hydroxyl groups excluding tert-OH is 1. The molecule has 2 aromatic rings. The van der Waals surface area contributed by atoms with E-state index in [1.165, 1.54) is 24.3 Å². The first-order valence-electron chi connectivity index (χ1n) is 9.86. The summed E-state index contributed by atoms with van der Waals surface area (Å²) in [4.78, 5) is 38.8. The molecule has 1 heterocycles. The van der Waals surface area contributed by atoms with Crippen molar-refractivity contribution >= 4 is 23.3 Å². The lowest BCUT2D eigenvalue weighted by atomic mass is 9.93. The lowest BCUT2D eigenvalue weighted by Crippen LogP contribution is -2.31. The van der Waals surface area contributed by atoms with Gasteiger partial charge in [0.05, 0.1) is 23.8 Å². The number of esters is 1. The van der Waals surface area contributed by atoms with Crippen molar-refractivity contribution in [2.75, 3.05) is 11.5 Å². The largest absolute Gasteiger partial charge is 0.503 e. The van der Waals surface area contributed by atoms with E-state index in [4.69, 9.17) is 4.74 Å². The molecule has 1 fully saturated rings. The van der Waals surface area contributed by atoms with E-state index in [2.05, 4.69) is 0 Å². The lowest BCUT2D eigenvalue weighted by Gasteiger charge is -2.27. The molecule has 1 saturated carbocycles. The zero-order valence-electron chi connectivity index (χ0n) is 16.6. The van der Waals surface area contributed by atoms with E-state index >= 15 is 0 Å². The Kier molecular flexibility index (Phi) is 5.31. The topological polar surface area (TPSA) is 83.9 Å². The first kappa shape index (κ1) is 20.7. The Morgan fingerprint density at radius 2 is 1.81 bits per heavy atom. The van der Waals surface area contributed by atoms with Crippen LogP contribution in [0.15, 0.2) is 53.8 Å². The van der Waals surface area contributed by atoms with Crippen LogP contribution in [0.5, 0.6) is 0 Å². The van der Waals surface area contributed by atoms with Gasteiger partial charge in [0.2, 0.25) is 0 Å². The number of Topliss-reactive ketones (excluding diaryl/α,β-unsaturated/α-hetero) is 1. The van der Waals surface area contributed by atoms with Crippen LogP contribution in [-0.4, -0.2) is 29.4 Å². The number of nitrogens with zero attached hydrogens (tertiary/aromatic N) is 1. The summed E-state index contributed by atoms with van der Waals surface area (Å²) in [6, 6.07) is 7.33. The highest BCUT2D eigenvalue weighted by Crippen LogP contribution is 2.45. The smallest absolute Gasteiger partial charge is 0.338 e. The van der Waals surface area contributed by atoms with Crippen molar-refractivity contribution in [1.82, 2.24) is 0 Å². The fraction of sp³-hybridized carbons (Fsp3) is 0.261. The molecule has 4 rings (SSSR count). The minimum Gasteiger partial charge on any atom is -0.503 e. The van der Waals surface area contributed by atoms with Crippen molar-refractivity contribution in [2.24, 2.45) is 5.92 Å². The third-order valence-corrected chi connectivity index (χ3v) is 5.34. The van der Waals surface area contributed by atoms with Crippen molar-refractivity contribution < 1.29 is 33.0 Å². The minimum atomic E-state index is -1.25. The molecule has 0 spiro atoms. The van der Waals surface area contributed by atoms with Crippen LogP contribution in [0.1, 0.15) is 41.7 Å². The molecule has 31 heavy (non-hydrogen) atoms. The second-order valence-corrected chi connectivity index (χ2v) is 7.41. The molecule has 0 bridgehead atoms. The number of anilines is 1. The molecule has 1 N–H and O–H groups in total. The average Bonchev–Trinajstić information content (AvgIpc) is 3.55. The van der Waals surface area contributed by atoms with E-state index in [9.17, 15) is 28.3 Å². The quantitative estimate of drug-likeness (QED) is 0.704. The van der Waals surface area contributed by atoms with E-state index in [-0.39, 0.29) is 34.9 Å². The number of ether oxygens (including phenoxy) is 1. The Labute approximate surface area is 176 Å². The van der Waals surface area contributed by atoms with E-state index in [0.29, 0.717) is 18.9 Å². The predicted molar refractivity (Wildman–Crippen MR) is 106 cm³/mol. The number of carbonyl (C=O) groups is 3. The molecule has 1 atom stereocenters. The molecule has 1 aliphatic heterocycles. The summed E-state index contributed by atoms with van der Waals surface area (Å²) in [5.41, 5.74) is 0.162. The molecular weight excluding hydrogens is 408 g/mol. The van der Waals surface area contributed by atoms with Crippen LogP contribution in [0.3, 0.4) is 0 Å². The molecule has 2 aliphatic rings. The van der Waals surface area contributed by atoms with Gasteiger partial charge in [0.1, 0.15) is 11.6 Å². The van der Waals surface area contributed by atoms with E-state index in [1.54, 1.807) is 6.92 Å². The highest BCUT2D eigenvalue weighted by atomic mass is 19.1. The Hall–Kier alpha value is -3.55. The Bertz CT molecular complexity index is 1110. The molecular formula is C23H19F2NO5. The van der Waals surface area contributed by atoms with Gasteiger partial charge in [-0.3, -0.25) is 14.5 Å². The second kappa shape index (κ2) is 7.94. The van der Waals surface area contributed by atoms with Crippen LogP contribution >= 0.6 is 0 Å². The first-order chi connectivity index (χ1) is 14.8. The van der Waals surface area contributed by atoms with Gasteiger partial charge in [-0.1, -0.05) is 6.07 Å². The van der Waals surface area contributed by atoms with Crippen molar-refractivity contribution in [1.29, 1.82) is 0 Å². The summed E-state index contributed by atoms with van der Waals surface area (Å²) in [7, 11) is 0. The number of benzene rings is 2. The number of aliphatic hydroxyl groups is 1. The maximum Gasteiger partial charge on any atom is 0.338 e. The molecule has 1 unspecified atom stereocenters. The Morgan fingerprint density at radius 1 is 1.13 bits per heavy atom. The normalized spacial score (nSPS) is 18.5. The van der Waals surface area contributed by atoms with Crippen LogP contribution in [0.25, 0.3) is 0 Å². The van der Waals surface area contributed by atoms with Crippen LogP contribution in [0.4, 0.5) is 14.5 Å². The summed E-state index contributed by atoms with van der Waals surface area (Å²) in [6.07, 6.45) is 1.24. The van der Waals surface area contributed by atoms with Gasteiger partial charge in [0, 0.05) is 23.2 Å². The number of amides is 1. The van der Waals surface area contributed by atoms with Gasteiger partial charge in [-0.05, 0) is 50.1 Å². The Morgan fingerprint density at radius 3 is 2.39 bits per heavy atom. The fourth-order valence-corrected chi connectivity index (χ4v) is 3.68. The number of carbonyl (C=O) groups excluding carboxylic acids is 3. The van der Waals surface area contributed by atoms with Gasteiger partial charge >= 0.3 is 5.97 Å². The summed E-state index contributed by atoms with van der Waals surface area (Å²) in [5, 5.41) is 10.5. The van der Waals surface area contributed by atoms with Gasteiger partial charge in [-0.15, -0.1) is 0 Å².